The maximum Gasteiger partial charge on any atom is 0.0960 e. The van der Waals surface area contributed by atoms with Gasteiger partial charge in [0.05, 0.1) is 6.07 Å². The van der Waals surface area contributed by atoms with Gasteiger partial charge in [-0.05, 0) is 29.1 Å². The first-order valence-corrected chi connectivity index (χ1v) is 6.50. The lowest BCUT2D eigenvalue weighted by Gasteiger charge is -2.17. The molecule has 0 aromatic rings. The summed E-state index contributed by atoms with van der Waals surface area (Å²) < 4.78 is 0. The minimum Gasteiger partial charge on any atom is -0.193 e. The summed E-state index contributed by atoms with van der Waals surface area (Å²) in [4.78, 5) is 1.22. The molecule has 0 amide bonds. The molecule has 2 aliphatic carbocycles. The zero-order valence-electron chi connectivity index (χ0n) is 9.26. The van der Waals surface area contributed by atoms with E-state index < -0.39 is 0 Å². The Balaban J connectivity index is 2.18. The smallest absolute Gasteiger partial charge is 0.0960 e. The maximum absolute atomic E-state index is 9.44. The molecule has 3 rings (SSSR count). The van der Waals surface area contributed by atoms with Crippen molar-refractivity contribution < 1.29 is 0 Å². The molecular formula is C15H11NS. The second-order valence-corrected chi connectivity index (χ2v) is 5.04. The van der Waals surface area contributed by atoms with Gasteiger partial charge in [-0.25, -0.2) is 0 Å². The first kappa shape index (κ1) is 10.4. The monoisotopic (exact) mass is 237 g/mol. The van der Waals surface area contributed by atoms with Crippen LogP contribution in [0.25, 0.3) is 0 Å². The number of nitriles is 1. The molecular weight excluding hydrogens is 226 g/mol. The molecule has 0 bridgehead atoms. The number of hydrogen-bond donors (Lipinski definition) is 0. The third kappa shape index (κ3) is 1.73. The zero-order chi connectivity index (χ0) is 11.7. The number of hydrogen-bond acceptors (Lipinski definition) is 2. The van der Waals surface area contributed by atoms with Crippen LogP contribution in [0.5, 0.6) is 0 Å². The molecule has 1 heterocycles. The molecule has 1 aliphatic heterocycles. The molecule has 0 N–H and O–H groups in total. The summed E-state index contributed by atoms with van der Waals surface area (Å²) in [6, 6.07) is 2.41. The molecule has 0 fully saturated rings. The van der Waals surface area contributed by atoms with E-state index in [1.165, 1.54) is 16.1 Å². The number of allylic oxidation sites excluding steroid dienone is 10. The van der Waals surface area contributed by atoms with Crippen LogP contribution in [0.3, 0.4) is 0 Å². The fraction of sp³-hybridized carbons (Fsp3) is 0.133. The summed E-state index contributed by atoms with van der Waals surface area (Å²) in [5.74, 6) is 0.143. The van der Waals surface area contributed by atoms with Gasteiger partial charge < -0.3 is 0 Å². The standard InChI is InChI=1S/C15H11NS/c16-9-14-12-6-2-1-5-11(12)10-17-15-8-4-3-7-13(14)15/h1-6,8,10,12H,7H2. The third-order valence-corrected chi connectivity index (χ3v) is 4.17. The number of thioether (sulfide) groups is 1. The molecule has 0 aromatic carbocycles. The third-order valence-electron chi connectivity index (χ3n) is 3.14. The summed E-state index contributed by atoms with van der Waals surface area (Å²) in [6.45, 7) is 0. The van der Waals surface area contributed by atoms with E-state index in [0.29, 0.717) is 0 Å². The molecule has 1 unspecified atom stereocenters. The molecule has 1 atom stereocenters. The highest BCUT2D eigenvalue weighted by molar-refractivity contribution is 8.06. The molecule has 0 saturated carbocycles. The highest BCUT2D eigenvalue weighted by atomic mass is 32.2. The van der Waals surface area contributed by atoms with Crippen LogP contribution in [0.1, 0.15) is 6.42 Å². The minimum absolute atomic E-state index is 0.143. The van der Waals surface area contributed by atoms with Crippen LogP contribution >= 0.6 is 11.8 Å². The molecule has 0 aromatic heterocycles. The van der Waals surface area contributed by atoms with Crippen molar-refractivity contribution >= 4 is 11.8 Å². The Morgan fingerprint density at radius 2 is 2.24 bits per heavy atom. The van der Waals surface area contributed by atoms with Crippen molar-refractivity contribution in [3.63, 3.8) is 0 Å². The van der Waals surface area contributed by atoms with Crippen LogP contribution in [-0.2, 0) is 0 Å². The number of rotatable bonds is 0. The van der Waals surface area contributed by atoms with Crippen LogP contribution in [0.4, 0.5) is 0 Å². The van der Waals surface area contributed by atoms with E-state index in [2.05, 4.69) is 41.9 Å². The van der Waals surface area contributed by atoms with E-state index in [4.69, 9.17) is 0 Å². The van der Waals surface area contributed by atoms with Crippen molar-refractivity contribution in [1.82, 2.24) is 0 Å². The van der Waals surface area contributed by atoms with Crippen molar-refractivity contribution in [3.8, 4) is 6.07 Å². The quantitative estimate of drug-likeness (QED) is 0.635. The number of nitrogens with zero attached hydrogens (tertiary/aromatic N) is 1. The van der Waals surface area contributed by atoms with E-state index in [-0.39, 0.29) is 5.92 Å². The van der Waals surface area contributed by atoms with Gasteiger partial charge in [0.1, 0.15) is 0 Å². The Morgan fingerprint density at radius 1 is 1.29 bits per heavy atom. The summed E-state index contributed by atoms with van der Waals surface area (Å²) >= 11 is 1.73. The van der Waals surface area contributed by atoms with Gasteiger partial charge >= 0.3 is 0 Å². The highest BCUT2D eigenvalue weighted by Gasteiger charge is 2.25. The van der Waals surface area contributed by atoms with Crippen molar-refractivity contribution in [2.75, 3.05) is 0 Å². The lowest BCUT2D eigenvalue weighted by molar-refractivity contribution is 0.929. The minimum atomic E-state index is 0.143. The molecule has 0 saturated heterocycles. The van der Waals surface area contributed by atoms with Crippen LogP contribution in [0.15, 0.2) is 69.6 Å². The van der Waals surface area contributed by atoms with Crippen LogP contribution in [0, 0.1) is 17.2 Å². The van der Waals surface area contributed by atoms with Crippen LogP contribution in [-0.4, -0.2) is 0 Å². The summed E-state index contributed by atoms with van der Waals surface area (Å²) in [7, 11) is 0. The average Bonchev–Trinajstić information content (AvgIpc) is 2.55. The fourth-order valence-electron chi connectivity index (χ4n) is 2.28. The Morgan fingerprint density at radius 3 is 3.12 bits per heavy atom. The predicted molar refractivity (Wildman–Crippen MR) is 71.9 cm³/mol. The average molecular weight is 237 g/mol. The van der Waals surface area contributed by atoms with E-state index in [0.717, 1.165) is 12.0 Å². The van der Waals surface area contributed by atoms with Crippen molar-refractivity contribution in [1.29, 1.82) is 5.26 Å². The molecule has 0 radical (unpaired) electrons. The van der Waals surface area contributed by atoms with Gasteiger partial charge in [0, 0.05) is 16.4 Å². The van der Waals surface area contributed by atoms with Gasteiger partial charge in [0.25, 0.3) is 0 Å². The topological polar surface area (TPSA) is 23.8 Å². The maximum atomic E-state index is 9.44. The van der Waals surface area contributed by atoms with Gasteiger partial charge in [-0.3, -0.25) is 0 Å². The first-order valence-electron chi connectivity index (χ1n) is 5.62. The SMILES string of the molecule is N#CC1=C2CC=CC=C2SC=C2C=CC=CC21. The van der Waals surface area contributed by atoms with Crippen LogP contribution < -0.4 is 0 Å². The molecule has 2 heteroatoms. The van der Waals surface area contributed by atoms with Crippen molar-refractivity contribution in [3.05, 3.63) is 69.6 Å². The summed E-state index contributed by atoms with van der Waals surface area (Å²) in [5, 5.41) is 11.6. The lowest BCUT2D eigenvalue weighted by atomic mass is 9.85. The number of fused-ring (bicyclic) bond motifs is 2. The molecule has 3 aliphatic rings. The highest BCUT2D eigenvalue weighted by Crippen LogP contribution is 2.42. The van der Waals surface area contributed by atoms with Gasteiger partial charge in [-0.1, -0.05) is 48.2 Å². The van der Waals surface area contributed by atoms with Crippen molar-refractivity contribution in [2.45, 2.75) is 6.42 Å². The zero-order valence-corrected chi connectivity index (χ0v) is 10.1. The fourth-order valence-corrected chi connectivity index (χ4v) is 3.26. The van der Waals surface area contributed by atoms with E-state index in [1.54, 1.807) is 11.8 Å². The molecule has 0 spiro atoms. The van der Waals surface area contributed by atoms with E-state index >= 15 is 0 Å². The Hall–Kier alpha value is -1.72. The molecule has 17 heavy (non-hydrogen) atoms. The Bertz CT molecular complexity index is 577. The van der Waals surface area contributed by atoms with Crippen molar-refractivity contribution in [2.24, 2.45) is 5.92 Å². The van der Waals surface area contributed by atoms with Gasteiger partial charge in [0.2, 0.25) is 0 Å². The van der Waals surface area contributed by atoms with E-state index in [9.17, 15) is 5.26 Å². The predicted octanol–water partition coefficient (Wildman–Crippen LogP) is 4.02. The van der Waals surface area contributed by atoms with Gasteiger partial charge in [-0.15, -0.1) is 0 Å². The second kappa shape index (κ2) is 4.27. The summed E-state index contributed by atoms with van der Waals surface area (Å²) in [5.41, 5.74) is 3.31. The molecule has 82 valence electrons. The van der Waals surface area contributed by atoms with E-state index in [1.807, 2.05) is 12.2 Å². The van der Waals surface area contributed by atoms with Crippen LogP contribution in [0.2, 0.25) is 0 Å². The first-order chi connectivity index (χ1) is 8.40. The molecule has 1 nitrogen and oxygen atoms in total. The Labute approximate surface area is 105 Å². The Kier molecular flexibility index (Phi) is 2.62. The normalized spacial score (nSPS) is 25.5. The second-order valence-electron chi connectivity index (χ2n) is 4.12. The van der Waals surface area contributed by atoms with Gasteiger partial charge in [0.15, 0.2) is 0 Å². The summed E-state index contributed by atoms with van der Waals surface area (Å²) in [6.07, 6.45) is 15.4. The lowest BCUT2D eigenvalue weighted by Crippen LogP contribution is -2.06. The van der Waals surface area contributed by atoms with Gasteiger partial charge in [-0.2, -0.15) is 5.26 Å². The largest absolute Gasteiger partial charge is 0.193 e.